The zero-order valence-electron chi connectivity index (χ0n) is 11.9. The van der Waals surface area contributed by atoms with E-state index in [2.05, 4.69) is 20.1 Å². The van der Waals surface area contributed by atoms with Crippen LogP contribution in [-0.4, -0.2) is 42.9 Å². The van der Waals surface area contributed by atoms with Crippen molar-refractivity contribution in [1.29, 1.82) is 0 Å². The van der Waals surface area contributed by atoms with Crippen molar-refractivity contribution >= 4 is 15.5 Å². The number of piperidine rings is 1. The lowest BCUT2D eigenvalue weighted by atomic mass is 9.94. The number of pyridine rings is 1. The lowest BCUT2D eigenvalue weighted by molar-refractivity contribution is 0.494. The molecule has 1 saturated heterocycles. The Balaban J connectivity index is 1.86. The van der Waals surface area contributed by atoms with E-state index in [4.69, 9.17) is 0 Å². The van der Waals surface area contributed by atoms with Gasteiger partial charge in [-0.3, -0.25) is 10.1 Å². The van der Waals surface area contributed by atoms with Gasteiger partial charge in [0.25, 0.3) is 0 Å². The molecule has 0 spiro atoms. The number of nitrogens with one attached hydrogen (secondary N) is 1. The van der Waals surface area contributed by atoms with E-state index >= 15 is 0 Å². The van der Waals surface area contributed by atoms with Crippen LogP contribution in [0.15, 0.2) is 35.6 Å². The summed E-state index contributed by atoms with van der Waals surface area (Å²) >= 11 is 0. The van der Waals surface area contributed by atoms with Crippen molar-refractivity contribution in [2.45, 2.75) is 23.7 Å². The SMILES string of the molecule is CS(=O)(=O)c1cn[nH]c1C1CCCN(c2ccncc2)C1. The Morgan fingerprint density at radius 1 is 1.33 bits per heavy atom. The average Bonchev–Trinajstić information content (AvgIpc) is 2.98. The summed E-state index contributed by atoms with van der Waals surface area (Å²) in [5, 5.41) is 6.81. The van der Waals surface area contributed by atoms with Gasteiger partial charge >= 0.3 is 0 Å². The third-order valence-electron chi connectivity index (χ3n) is 3.89. The Morgan fingerprint density at radius 3 is 2.81 bits per heavy atom. The van der Waals surface area contributed by atoms with Crippen molar-refractivity contribution < 1.29 is 8.42 Å². The molecule has 1 atom stereocenters. The number of rotatable bonds is 3. The molecular weight excluding hydrogens is 288 g/mol. The molecule has 1 N–H and O–H groups in total. The Hall–Kier alpha value is -1.89. The van der Waals surface area contributed by atoms with Gasteiger partial charge < -0.3 is 4.90 Å². The molecule has 0 saturated carbocycles. The summed E-state index contributed by atoms with van der Waals surface area (Å²) in [6, 6.07) is 3.96. The topological polar surface area (TPSA) is 79.0 Å². The summed E-state index contributed by atoms with van der Waals surface area (Å²) in [6.07, 6.45) is 8.18. The fraction of sp³-hybridized carbons (Fsp3) is 0.429. The van der Waals surface area contributed by atoms with Crippen LogP contribution in [0.2, 0.25) is 0 Å². The molecule has 1 unspecified atom stereocenters. The maximum atomic E-state index is 11.8. The van der Waals surface area contributed by atoms with Gasteiger partial charge in [-0.2, -0.15) is 5.10 Å². The van der Waals surface area contributed by atoms with Crippen LogP contribution < -0.4 is 4.90 Å². The van der Waals surface area contributed by atoms with Gasteiger partial charge in [-0.15, -0.1) is 0 Å². The first kappa shape index (κ1) is 14.1. The van der Waals surface area contributed by atoms with Crippen LogP contribution in [-0.2, 0) is 9.84 Å². The highest BCUT2D eigenvalue weighted by Gasteiger charge is 2.27. The van der Waals surface area contributed by atoms with E-state index in [1.54, 1.807) is 12.4 Å². The first-order valence-electron chi connectivity index (χ1n) is 6.94. The third-order valence-corrected chi connectivity index (χ3v) is 5.01. The maximum Gasteiger partial charge on any atom is 0.178 e. The second-order valence-corrected chi connectivity index (χ2v) is 7.39. The molecule has 6 nitrogen and oxygen atoms in total. The first-order valence-corrected chi connectivity index (χ1v) is 8.83. The van der Waals surface area contributed by atoms with Crippen molar-refractivity contribution in [1.82, 2.24) is 15.2 Å². The van der Waals surface area contributed by atoms with Gasteiger partial charge in [0.2, 0.25) is 0 Å². The molecule has 1 fully saturated rings. The van der Waals surface area contributed by atoms with Crippen LogP contribution in [0.1, 0.15) is 24.5 Å². The molecule has 0 aliphatic carbocycles. The predicted octanol–water partition coefficient (Wildman–Crippen LogP) is 1.59. The zero-order valence-corrected chi connectivity index (χ0v) is 12.7. The molecular formula is C14H18N4O2S. The highest BCUT2D eigenvalue weighted by Crippen LogP contribution is 2.31. The number of aromatic amines is 1. The number of aromatic nitrogens is 3. The molecule has 7 heteroatoms. The van der Waals surface area contributed by atoms with Crippen molar-refractivity contribution in [3.05, 3.63) is 36.4 Å². The summed E-state index contributed by atoms with van der Waals surface area (Å²) < 4.78 is 23.7. The summed E-state index contributed by atoms with van der Waals surface area (Å²) in [6.45, 7) is 1.76. The molecule has 112 valence electrons. The van der Waals surface area contributed by atoms with Crippen molar-refractivity contribution in [3.8, 4) is 0 Å². The number of sulfone groups is 1. The third kappa shape index (κ3) is 2.92. The lowest BCUT2D eigenvalue weighted by Crippen LogP contribution is -2.34. The summed E-state index contributed by atoms with van der Waals surface area (Å²) in [4.78, 5) is 6.62. The van der Waals surface area contributed by atoms with Crippen molar-refractivity contribution in [2.75, 3.05) is 24.2 Å². The molecule has 1 aliphatic heterocycles. The van der Waals surface area contributed by atoms with E-state index in [0.29, 0.717) is 4.90 Å². The second kappa shape index (κ2) is 5.48. The lowest BCUT2D eigenvalue weighted by Gasteiger charge is -2.34. The molecule has 1 aliphatic rings. The average molecular weight is 306 g/mol. The Kier molecular flexibility index (Phi) is 3.67. The fourth-order valence-electron chi connectivity index (χ4n) is 2.88. The largest absolute Gasteiger partial charge is 0.371 e. The van der Waals surface area contributed by atoms with E-state index in [1.165, 1.54) is 12.5 Å². The smallest absolute Gasteiger partial charge is 0.178 e. The second-order valence-electron chi connectivity index (χ2n) is 5.41. The van der Waals surface area contributed by atoms with Gasteiger partial charge in [0.1, 0.15) is 4.90 Å². The molecule has 3 heterocycles. The normalized spacial score (nSPS) is 19.7. The van der Waals surface area contributed by atoms with Gasteiger partial charge in [-0.25, -0.2) is 8.42 Å². The van der Waals surface area contributed by atoms with Gasteiger partial charge in [0.15, 0.2) is 9.84 Å². The molecule has 0 amide bonds. The number of hydrogen-bond donors (Lipinski definition) is 1. The fourth-order valence-corrected chi connectivity index (χ4v) is 3.73. The number of hydrogen-bond acceptors (Lipinski definition) is 5. The first-order chi connectivity index (χ1) is 10.1. The molecule has 2 aromatic rings. The minimum Gasteiger partial charge on any atom is -0.371 e. The van der Waals surface area contributed by atoms with Gasteiger partial charge in [0.05, 0.1) is 11.9 Å². The van der Waals surface area contributed by atoms with Crippen molar-refractivity contribution in [2.24, 2.45) is 0 Å². The standard InChI is InChI=1S/C14H18N4O2S/c1-21(19,20)13-9-16-17-14(13)11-3-2-8-18(10-11)12-4-6-15-7-5-12/h4-7,9,11H,2-3,8,10H2,1H3,(H,16,17). The monoisotopic (exact) mass is 306 g/mol. The van der Waals surface area contributed by atoms with E-state index < -0.39 is 9.84 Å². The Labute approximate surface area is 124 Å². The Bertz CT molecular complexity index is 712. The van der Waals surface area contributed by atoms with Crippen LogP contribution >= 0.6 is 0 Å². The molecule has 0 aromatic carbocycles. The highest BCUT2D eigenvalue weighted by molar-refractivity contribution is 7.90. The Morgan fingerprint density at radius 2 is 2.10 bits per heavy atom. The van der Waals surface area contributed by atoms with E-state index in [9.17, 15) is 8.42 Å². The molecule has 2 aromatic heterocycles. The minimum atomic E-state index is -3.24. The van der Waals surface area contributed by atoms with Crippen LogP contribution in [0.3, 0.4) is 0 Å². The zero-order chi connectivity index (χ0) is 14.9. The molecule has 0 bridgehead atoms. The van der Waals surface area contributed by atoms with Crippen molar-refractivity contribution in [3.63, 3.8) is 0 Å². The van der Waals surface area contributed by atoms with Crippen LogP contribution in [0.4, 0.5) is 5.69 Å². The van der Waals surface area contributed by atoms with E-state index in [-0.39, 0.29) is 5.92 Å². The number of H-pyrrole nitrogens is 1. The minimum absolute atomic E-state index is 0.152. The van der Waals surface area contributed by atoms with Crippen LogP contribution in [0.25, 0.3) is 0 Å². The molecule has 0 radical (unpaired) electrons. The summed E-state index contributed by atoms with van der Waals surface area (Å²) in [7, 11) is -3.24. The van der Waals surface area contributed by atoms with E-state index in [0.717, 1.165) is 37.3 Å². The summed E-state index contributed by atoms with van der Waals surface area (Å²) in [5.74, 6) is 0.152. The molecule has 21 heavy (non-hydrogen) atoms. The van der Waals surface area contributed by atoms with Crippen LogP contribution in [0, 0.1) is 0 Å². The van der Waals surface area contributed by atoms with Gasteiger partial charge in [-0.1, -0.05) is 0 Å². The van der Waals surface area contributed by atoms with E-state index in [1.807, 2.05) is 12.1 Å². The predicted molar refractivity (Wildman–Crippen MR) is 80.1 cm³/mol. The van der Waals surface area contributed by atoms with Gasteiger partial charge in [0, 0.05) is 43.3 Å². The number of anilines is 1. The summed E-state index contributed by atoms with van der Waals surface area (Å²) in [5.41, 5.74) is 1.85. The maximum absolute atomic E-state index is 11.8. The highest BCUT2D eigenvalue weighted by atomic mass is 32.2. The number of nitrogens with zero attached hydrogens (tertiary/aromatic N) is 3. The van der Waals surface area contributed by atoms with Gasteiger partial charge in [-0.05, 0) is 25.0 Å². The quantitative estimate of drug-likeness (QED) is 0.931. The van der Waals surface area contributed by atoms with Crippen LogP contribution in [0.5, 0.6) is 0 Å². The molecule has 3 rings (SSSR count).